The van der Waals surface area contributed by atoms with Crippen molar-refractivity contribution in [3.05, 3.63) is 83.9 Å². The zero-order chi connectivity index (χ0) is 19.3. The molecule has 1 heterocycles. The van der Waals surface area contributed by atoms with Gasteiger partial charge in [0.25, 0.3) is 5.91 Å². The number of benzene rings is 3. The molecule has 28 heavy (non-hydrogen) atoms. The van der Waals surface area contributed by atoms with Crippen molar-refractivity contribution < 1.29 is 14.3 Å². The third kappa shape index (κ3) is 4.13. The van der Waals surface area contributed by atoms with E-state index in [0.717, 1.165) is 21.5 Å². The lowest BCUT2D eigenvalue weighted by atomic mass is 10.2. The topological polar surface area (TPSA) is 60.5 Å². The summed E-state index contributed by atoms with van der Waals surface area (Å²) >= 11 is 1.41. The third-order valence-electron chi connectivity index (χ3n) is 4.16. The van der Waals surface area contributed by atoms with Crippen LogP contribution >= 0.6 is 11.3 Å². The van der Waals surface area contributed by atoms with E-state index in [0.29, 0.717) is 23.1 Å². The lowest BCUT2D eigenvalue weighted by molar-refractivity contribution is 0.102. The second-order valence-corrected chi connectivity index (χ2v) is 7.14. The van der Waals surface area contributed by atoms with Crippen molar-refractivity contribution in [3.8, 4) is 11.5 Å². The van der Waals surface area contributed by atoms with Crippen LogP contribution < -0.4 is 14.8 Å². The highest BCUT2D eigenvalue weighted by molar-refractivity contribution is 7.22. The first kappa shape index (κ1) is 18.0. The second kappa shape index (κ2) is 8.10. The van der Waals surface area contributed by atoms with Crippen LogP contribution in [0.3, 0.4) is 0 Å². The van der Waals surface area contributed by atoms with Gasteiger partial charge in [0.1, 0.15) is 18.1 Å². The first-order valence-electron chi connectivity index (χ1n) is 8.74. The van der Waals surface area contributed by atoms with Crippen molar-refractivity contribution in [3.63, 3.8) is 0 Å². The Hall–Kier alpha value is -3.38. The van der Waals surface area contributed by atoms with Crippen LogP contribution in [-0.4, -0.2) is 18.0 Å². The first-order valence-corrected chi connectivity index (χ1v) is 9.55. The summed E-state index contributed by atoms with van der Waals surface area (Å²) in [4.78, 5) is 17.1. The summed E-state index contributed by atoms with van der Waals surface area (Å²) < 4.78 is 12.0. The maximum atomic E-state index is 12.6. The fourth-order valence-corrected chi connectivity index (χ4v) is 3.61. The molecule has 140 valence electrons. The first-order chi connectivity index (χ1) is 13.7. The predicted molar refractivity (Wildman–Crippen MR) is 111 cm³/mol. The minimum atomic E-state index is -0.226. The van der Waals surface area contributed by atoms with E-state index >= 15 is 0 Å². The zero-order valence-corrected chi connectivity index (χ0v) is 16.0. The van der Waals surface area contributed by atoms with Gasteiger partial charge in [0.2, 0.25) is 0 Å². The number of methoxy groups -OCH3 is 1. The Morgan fingerprint density at radius 3 is 2.68 bits per heavy atom. The molecule has 0 saturated heterocycles. The smallest absolute Gasteiger partial charge is 0.257 e. The molecule has 0 saturated carbocycles. The van der Waals surface area contributed by atoms with Gasteiger partial charge < -0.3 is 9.47 Å². The number of amides is 1. The molecular weight excluding hydrogens is 372 g/mol. The molecule has 4 aromatic rings. The van der Waals surface area contributed by atoms with Gasteiger partial charge in [-0.1, -0.05) is 47.7 Å². The number of ether oxygens (including phenoxy) is 2. The Kier molecular flexibility index (Phi) is 5.21. The summed E-state index contributed by atoms with van der Waals surface area (Å²) in [7, 11) is 1.62. The molecule has 0 aliphatic rings. The number of rotatable bonds is 6. The molecule has 1 N–H and O–H groups in total. The van der Waals surface area contributed by atoms with E-state index in [2.05, 4.69) is 10.3 Å². The fourth-order valence-electron chi connectivity index (χ4n) is 2.72. The fraction of sp³-hybridized carbons (Fsp3) is 0.0909. The van der Waals surface area contributed by atoms with E-state index < -0.39 is 0 Å². The van der Waals surface area contributed by atoms with Crippen LogP contribution in [0.2, 0.25) is 0 Å². The lowest BCUT2D eigenvalue weighted by Gasteiger charge is -2.08. The van der Waals surface area contributed by atoms with Crippen LogP contribution in [0.25, 0.3) is 10.2 Å². The largest absolute Gasteiger partial charge is 0.497 e. The maximum Gasteiger partial charge on any atom is 0.257 e. The Bertz CT molecular complexity index is 1110. The summed E-state index contributed by atoms with van der Waals surface area (Å²) in [6, 6.07) is 22.6. The van der Waals surface area contributed by atoms with E-state index in [1.165, 1.54) is 11.3 Å². The van der Waals surface area contributed by atoms with Gasteiger partial charge in [0.15, 0.2) is 5.13 Å². The van der Waals surface area contributed by atoms with E-state index in [1.54, 1.807) is 25.3 Å². The van der Waals surface area contributed by atoms with Gasteiger partial charge in [-0.2, -0.15) is 0 Å². The van der Waals surface area contributed by atoms with E-state index in [4.69, 9.17) is 9.47 Å². The van der Waals surface area contributed by atoms with Crippen LogP contribution in [0.5, 0.6) is 11.5 Å². The summed E-state index contributed by atoms with van der Waals surface area (Å²) in [5, 5.41) is 3.40. The number of anilines is 1. The standard InChI is InChI=1S/C22H18N2O3S/c1-26-17-10-11-19-20(13-17)28-22(23-19)24-21(25)16-8-5-9-18(12-16)27-14-15-6-3-2-4-7-15/h2-13H,14H2,1H3,(H,23,24,25). The molecular formula is C22H18N2O3S. The maximum absolute atomic E-state index is 12.6. The Balaban J connectivity index is 1.46. The van der Waals surface area contributed by atoms with Crippen LogP contribution in [0.15, 0.2) is 72.8 Å². The Labute approximate surface area is 166 Å². The Morgan fingerprint density at radius 1 is 1.00 bits per heavy atom. The minimum absolute atomic E-state index is 0.226. The number of carbonyl (C=O) groups is 1. The third-order valence-corrected chi connectivity index (χ3v) is 5.09. The normalized spacial score (nSPS) is 10.6. The van der Waals surface area contributed by atoms with Crippen molar-refractivity contribution in [1.29, 1.82) is 0 Å². The number of nitrogens with one attached hydrogen (secondary N) is 1. The van der Waals surface area contributed by atoms with Gasteiger partial charge in [-0.3, -0.25) is 10.1 Å². The Morgan fingerprint density at radius 2 is 1.86 bits per heavy atom. The highest BCUT2D eigenvalue weighted by atomic mass is 32.1. The van der Waals surface area contributed by atoms with Crippen molar-refractivity contribution in [2.24, 2.45) is 0 Å². The number of thiazole rings is 1. The van der Waals surface area contributed by atoms with Gasteiger partial charge >= 0.3 is 0 Å². The lowest BCUT2D eigenvalue weighted by Crippen LogP contribution is -2.11. The molecule has 0 bridgehead atoms. The number of carbonyl (C=O) groups excluding carboxylic acids is 1. The number of hydrogen-bond donors (Lipinski definition) is 1. The molecule has 0 fully saturated rings. The monoisotopic (exact) mass is 390 g/mol. The summed E-state index contributed by atoms with van der Waals surface area (Å²) in [5.74, 6) is 1.18. The average molecular weight is 390 g/mol. The molecule has 0 atom stereocenters. The SMILES string of the molecule is COc1ccc2nc(NC(=O)c3cccc(OCc4ccccc4)c3)sc2c1. The average Bonchev–Trinajstić information content (AvgIpc) is 3.14. The molecule has 3 aromatic carbocycles. The van der Waals surface area contributed by atoms with Crippen LogP contribution in [0, 0.1) is 0 Å². The van der Waals surface area contributed by atoms with Gasteiger partial charge in [0.05, 0.1) is 17.3 Å². The van der Waals surface area contributed by atoms with Gasteiger partial charge in [0, 0.05) is 5.56 Å². The van der Waals surface area contributed by atoms with Crippen molar-refractivity contribution in [2.75, 3.05) is 12.4 Å². The summed E-state index contributed by atoms with van der Waals surface area (Å²) in [6.07, 6.45) is 0. The molecule has 0 spiro atoms. The molecule has 4 rings (SSSR count). The van der Waals surface area contributed by atoms with E-state index in [1.807, 2.05) is 54.6 Å². The molecule has 6 heteroatoms. The molecule has 1 amide bonds. The van der Waals surface area contributed by atoms with Gasteiger partial charge in [-0.05, 0) is 42.0 Å². The van der Waals surface area contributed by atoms with Gasteiger partial charge in [-0.15, -0.1) is 0 Å². The number of nitrogens with zero attached hydrogens (tertiary/aromatic N) is 1. The number of hydrogen-bond acceptors (Lipinski definition) is 5. The molecule has 0 unspecified atom stereocenters. The molecule has 0 aliphatic carbocycles. The van der Waals surface area contributed by atoms with Crippen LogP contribution in [-0.2, 0) is 6.61 Å². The molecule has 5 nitrogen and oxygen atoms in total. The van der Waals surface area contributed by atoms with Crippen LogP contribution in [0.4, 0.5) is 5.13 Å². The number of aromatic nitrogens is 1. The van der Waals surface area contributed by atoms with Crippen molar-refractivity contribution >= 4 is 32.6 Å². The second-order valence-electron chi connectivity index (χ2n) is 6.11. The van der Waals surface area contributed by atoms with Crippen LogP contribution in [0.1, 0.15) is 15.9 Å². The highest BCUT2D eigenvalue weighted by Gasteiger charge is 2.11. The van der Waals surface area contributed by atoms with Crippen molar-refractivity contribution in [1.82, 2.24) is 4.98 Å². The highest BCUT2D eigenvalue weighted by Crippen LogP contribution is 2.29. The van der Waals surface area contributed by atoms with E-state index in [9.17, 15) is 4.79 Å². The number of fused-ring (bicyclic) bond motifs is 1. The summed E-state index contributed by atoms with van der Waals surface area (Å²) in [5.41, 5.74) is 2.41. The quantitative estimate of drug-likeness (QED) is 0.495. The molecule has 0 aliphatic heterocycles. The zero-order valence-electron chi connectivity index (χ0n) is 15.2. The molecule has 0 radical (unpaired) electrons. The van der Waals surface area contributed by atoms with Gasteiger partial charge in [-0.25, -0.2) is 4.98 Å². The van der Waals surface area contributed by atoms with E-state index in [-0.39, 0.29) is 5.91 Å². The molecule has 1 aromatic heterocycles. The van der Waals surface area contributed by atoms with Crippen molar-refractivity contribution in [2.45, 2.75) is 6.61 Å². The minimum Gasteiger partial charge on any atom is -0.497 e. The predicted octanol–water partition coefficient (Wildman–Crippen LogP) is 5.14. The summed E-state index contributed by atoms with van der Waals surface area (Å²) in [6.45, 7) is 0.450.